The molecule has 0 heterocycles. The standard InChI is InChI=1S/C15H23NO2/c1-15(7-3-2-4-8-15)11-16-10-12-5-6-13(17)9-14(12)18/h5-6,9,16-18H,2-4,7-8,10-11H2,1H3. The summed E-state index contributed by atoms with van der Waals surface area (Å²) in [7, 11) is 0. The molecule has 0 bridgehead atoms. The molecular weight excluding hydrogens is 226 g/mol. The Balaban J connectivity index is 1.84. The van der Waals surface area contributed by atoms with Crippen molar-refractivity contribution in [3.63, 3.8) is 0 Å². The van der Waals surface area contributed by atoms with Gasteiger partial charge in [0.05, 0.1) is 0 Å². The van der Waals surface area contributed by atoms with Crippen molar-refractivity contribution in [1.82, 2.24) is 5.32 Å². The summed E-state index contributed by atoms with van der Waals surface area (Å²) in [6.07, 6.45) is 6.63. The van der Waals surface area contributed by atoms with E-state index >= 15 is 0 Å². The highest BCUT2D eigenvalue weighted by Crippen LogP contribution is 2.35. The van der Waals surface area contributed by atoms with Gasteiger partial charge < -0.3 is 15.5 Å². The van der Waals surface area contributed by atoms with E-state index in [0.29, 0.717) is 12.0 Å². The third-order valence-electron chi connectivity index (χ3n) is 4.00. The number of rotatable bonds is 4. The average molecular weight is 249 g/mol. The van der Waals surface area contributed by atoms with Crippen molar-refractivity contribution in [2.45, 2.75) is 45.6 Å². The van der Waals surface area contributed by atoms with Crippen LogP contribution < -0.4 is 5.32 Å². The minimum atomic E-state index is 0.107. The normalized spacial score (nSPS) is 18.7. The predicted octanol–water partition coefficient (Wildman–Crippen LogP) is 3.16. The molecule has 3 N–H and O–H groups in total. The first-order valence-electron chi connectivity index (χ1n) is 6.81. The fourth-order valence-electron chi connectivity index (χ4n) is 2.78. The Morgan fingerprint density at radius 1 is 1.17 bits per heavy atom. The smallest absolute Gasteiger partial charge is 0.123 e. The molecule has 0 aliphatic heterocycles. The number of benzene rings is 1. The molecule has 1 fully saturated rings. The van der Waals surface area contributed by atoms with Crippen LogP contribution in [0.1, 0.15) is 44.6 Å². The quantitative estimate of drug-likeness (QED) is 0.768. The molecule has 0 amide bonds. The molecule has 1 saturated carbocycles. The zero-order chi connectivity index (χ0) is 13.0. The number of phenols is 2. The first-order valence-corrected chi connectivity index (χ1v) is 6.81. The van der Waals surface area contributed by atoms with Crippen LogP contribution in [-0.2, 0) is 6.54 Å². The first kappa shape index (κ1) is 13.2. The van der Waals surface area contributed by atoms with Crippen molar-refractivity contribution in [2.75, 3.05) is 6.54 Å². The number of phenolic OH excluding ortho intramolecular Hbond substituents is 2. The van der Waals surface area contributed by atoms with Crippen LogP contribution in [0, 0.1) is 5.41 Å². The Labute approximate surface area is 109 Å². The van der Waals surface area contributed by atoms with E-state index in [-0.39, 0.29) is 11.5 Å². The van der Waals surface area contributed by atoms with Crippen LogP contribution in [0.25, 0.3) is 0 Å². The maximum Gasteiger partial charge on any atom is 0.123 e. The minimum absolute atomic E-state index is 0.107. The lowest BCUT2D eigenvalue weighted by Gasteiger charge is -2.33. The third kappa shape index (κ3) is 3.39. The largest absolute Gasteiger partial charge is 0.508 e. The van der Waals surface area contributed by atoms with Gasteiger partial charge in [-0.25, -0.2) is 0 Å². The van der Waals surface area contributed by atoms with Crippen molar-refractivity contribution in [3.05, 3.63) is 23.8 Å². The van der Waals surface area contributed by atoms with Crippen LogP contribution in [-0.4, -0.2) is 16.8 Å². The van der Waals surface area contributed by atoms with Gasteiger partial charge in [0.25, 0.3) is 0 Å². The highest BCUT2D eigenvalue weighted by atomic mass is 16.3. The molecular formula is C15H23NO2. The van der Waals surface area contributed by atoms with E-state index in [4.69, 9.17) is 0 Å². The van der Waals surface area contributed by atoms with Crippen LogP contribution in [0.15, 0.2) is 18.2 Å². The molecule has 0 saturated heterocycles. The second-order valence-corrected chi connectivity index (χ2v) is 5.79. The second kappa shape index (κ2) is 5.61. The fourth-order valence-corrected chi connectivity index (χ4v) is 2.78. The highest BCUT2D eigenvalue weighted by Gasteiger charge is 2.26. The summed E-state index contributed by atoms with van der Waals surface area (Å²) in [5, 5.41) is 22.4. The van der Waals surface area contributed by atoms with Gasteiger partial charge in [-0.2, -0.15) is 0 Å². The Morgan fingerprint density at radius 2 is 1.89 bits per heavy atom. The summed E-state index contributed by atoms with van der Waals surface area (Å²) in [4.78, 5) is 0. The van der Waals surface area contributed by atoms with Gasteiger partial charge in [-0.15, -0.1) is 0 Å². The molecule has 0 atom stereocenters. The van der Waals surface area contributed by atoms with Gasteiger partial charge in [-0.1, -0.05) is 32.3 Å². The van der Waals surface area contributed by atoms with E-state index in [2.05, 4.69) is 12.2 Å². The summed E-state index contributed by atoms with van der Waals surface area (Å²) < 4.78 is 0. The summed E-state index contributed by atoms with van der Waals surface area (Å²) in [6.45, 7) is 3.99. The number of hydrogen-bond acceptors (Lipinski definition) is 3. The molecule has 1 aromatic carbocycles. The first-order chi connectivity index (χ1) is 8.59. The SMILES string of the molecule is CC1(CNCc2ccc(O)cc2O)CCCCC1. The van der Waals surface area contributed by atoms with E-state index in [1.54, 1.807) is 12.1 Å². The molecule has 1 aromatic rings. The molecule has 0 radical (unpaired) electrons. The number of nitrogens with one attached hydrogen (secondary N) is 1. The van der Waals surface area contributed by atoms with Crippen molar-refractivity contribution >= 4 is 0 Å². The summed E-state index contributed by atoms with van der Waals surface area (Å²) >= 11 is 0. The van der Waals surface area contributed by atoms with E-state index in [1.165, 1.54) is 38.2 Å². The summed E-state index contributed by atoms with van der Waals surface area (Å²) in [6, 6.07) is 4.76. The van der Waals surface area contributed by atoms with Gasteiger partial charge in [-0.3, -0.25) is 0 Å². The number of aromatic hydroxyl groups is 2. The van der Waals surface area contributed by atoms with Crippen molar-refractivity contribution in [2.24, 2.45) is 5.41 Å². The van der Waals surface area contributed by atoms with Gasteiger partial charge in [0.1, 0.15) is 11.5 Å². The molecule has 18 heavy (non-hydrogen) atoms. The lowest BCUT2D eigenvalue weighted by molar-refractivity contribution is 0.207. The van der Waals surface area contributed by atoms with E-state index in [0.717, 1.165) is 12.1 Å². The zero-order valence-corrected chi connectivity index (χ0v) is 11.1. The molecule has 0 spiro atoms. The lowest BCUT2D eigenvalue weighted by atomic mass is 9.76. The summed E-state index contributed by atoms with van der Waals surface area (Å²) in [5.74, 6) is 0.270. The number of hydrogen-bond donors (Lipinski definition) is 3. The topological polar surface area (TPSA) is 52.5 Å². The van der Waals surface area contributed by atoms with Crippen molar-refractivity contribution < 1.29 is 10.2 Å². The van der Waals surface area contributed by atoms with Crippen LogP contribution in [0.5, 0.6) is 11.5 Å². The molecule has 3 nitrogen and oxygen atoms in total. The van der Waals surface area contributed by atoms with Gasteiger partial charge in [0.2, 0.25) is 0 Å². The van der Waals surface area contributed by atoms with Crippen LogP contribution >= 0.6 is 0 Å². The van der Waals surface area contributed by atoms with Crippen LogP contribution in [0.3, 0.4) is 0 Å². The Morgan fingerprint density at radius 3 is 2.56 bits per heavy atom. The molecule has 1 aliphatic carbocycles. The molecule has 0 unspecified atom stereocenters. The summed E-state index contributed by atoms with van der Waals surface area (Å²) in [5.41, 5.74) is 1.25. The molecule has 0 aromatic heterocycles. The third-order valence-corrected chi connectivity index (χ3v) is 4.00. The van der Waals surface area contributed by atoms with Crippen LogP contribution in [0.2, 0.25) is 0 Å². The maximum atomic E-state index is 9.69. The van der Waals surface area contributed by atoms with E-state index in [9.17, 15) is 10.2 Å². The predicted molar refractivity (Wildman–Crippen MR) is 72.7 cm³/mol. The monoisotopic (exact) mass is 249 g/mol. The molecule has 3 heteroatoms. The minimum Gasteiger partial charge on any atom is -0.508 e. The van der Waals surface area contributed by atoms with Gasteiger partial charge in [0.15, 0.2) is 0 Å². The van der Waals surface area contributed by atoms with Gasteiger partial charge in [0, 0.05) is 24.7 Å². The van der Waals surface area contributed by atoms with Crippen LogP contribution in [0.4, 0.5) is 0 Å². The van der Waals surface area contributed by atoms with E-state index < -0.39 is 0 Å². The van der Waals surface area contributed by atoms with E-state index in [1.807, 2.05) is 0 Å². The lowest BCUT2D eigenvalue weighted by Crippen LogP contribution is -2.33. The average Bonchev–Trinajstić information content (AvgIpc) is 2.33. The Kier molecular flexibility index (Phi) is 4.12. The van der Waals surface area contributed by atoms with Gasteiger partial charge in [-0.05, 0) is 24.3 Å². The Bertz CT molecular complexity index is 397. The zero-order valence-electron chi connectivity index (χ0n) is 11.1. The van der Waals surface area contributed by atoms with Gasteiger partial charge >= 0.3 is 0 Å². The molecule has 100 valence electrons. The van der Waals surface area contributed by atoms with Crippen molar-refractivity contribution in [1.29, 1.82) is 0 Å². The highest BCUT2D eigenvalue weighted by molar-refractivity contribution is 5.38. The fraction of sp³-hybridized carbons (Fsp3) is 0.600. The second-order valence-electron chi connectivity index (χ2n) is 5.79. The Hall–Kier alpha value is -1.22. The maximum absolute atomic E-state index is 9.69. The molecule has 2 rings (SSSR count). The molecule has 1 aliphatic rings. The van der Waals surface area contributed by atoms with Crippen molar-refractivity contribution in [3.8, 4) is 11.5 Å².